The number of nitrogens with one attached hydrogen (secondary N) is 1. The number of hydrogen-bond acceptors (Lipinski definition) is 3. The molecule has 0 aliphatic rings. The molecule has 6 heteroatoms. The van der Waals surface area contributed by atoms with Crippen molar-refractivity contribution in [3.8, 4) is 5.75 Å². The Labute approximate surface area is 136 Å². The molecule has 0 amide bonds. The van der Waals surface area contributed by atoms with Crippen LogP contribution in [0.15, 0.2) is 40.9 Å². The largest absolute Gasteiger partial charge is 0.497 e. The summed E-state index contributed by atoms with van der Waals surface area (Å²) in [5, 5.41) is 0.0579. The third-order valence-electron chi connectivity index (χ3n) is 3.24. The topological polar surface area (TPSA) is 47.3 Å². The minimum Gasteiger partial charge on any atom is -0.497 e. The van der Waals surface area contributed by atoms with E-state index >= 15 is 0 Å². The third-order valence-corrected chi connectivity index (χ3v) is 4.50. The molecule has 2 aromatic rings. The molecule has 3 nitrogen and oxygen atoms in total. The predicted molar refractivity (Wildman–Crippen MR) is 85.9 cm³/mol. The van der Waals surface area contributed by atoms with Crippen LogP contribution >= 0.6 is 27.5 Å². The van der Waals surface area contributed by atoms with Crippen molar-refractivity contribution in [3.63, 3.8) is 0 Å². The fourth-order valence-electron chi connectivity index (χ4n) is 2.07. The summed E-state index contributed by atoms with van der Waals surface area (Å²) in [6, 6.07) is 10.5. The molecule has 1 unspecified atom stereocenters. The lowest BCUT2D eigenvalue weighted by Crippen LogP contribution is -2.30. The van der Waals surface area contributed by atoms with Gasteiger partial charge in [0.2, 0.25) is 0 Å². The molecular formula is C15H15BrClFN2O. The second-order valence-electron chi connectivity index (χ2n) is 4.54. The molecule has 21 heavy (non-hydrogen) atoms. The summed E-state index contributed by atoms with van der Waals surface area (Å²) in [7, 11) is 1.61. The Kier molecular flexibility index (Phi) is 5.58. The molecule has 0 bridgehead atoms. The van der Waals surface area contributed by atoms with E-state index in [4.69, 9.17) is 22.2 Å². The molecule has 0 spiro atoms. The number of rotatable bonds is 5. The van der Waals surface area contributed by atoms with Gasteiger partial charge in [0.1, 0.15) is 11.6 Å². The zero-order valence-corrected chi connectivity index (χ0v) is 13.7. The number of hydrazine groups is 1. The standard InChI is InChI=1S/C15H15BrClFN2O/c1-21-10-4-2-9(3-5-10)8-13(20-19)11-6-7-12(16)14(17)15(11)18/h2-7,13,20H,8,19H2,1H3. The van der Waals surface area contributed by atoms with Crippen molar-refractivity contribution in [2.75, 3.05) is 7.11 Å². The minimum atomic E-state index is -0.470. The fourth-order valence-corrected chi connectivity index (χ4v) is 2.54. The van der Waals surface area contributed by atoms with E-state index in [1.807, 2.05) is 24.3 Å². The molecular weight excluding hydrogens is 359 g/mol. The van der Waals surface area contributed by atoms with Gasteiger partial charge in [0.05, 0.1) is 18.2 Å². The average Bonchev–Trinajstić information content (AvgIpc) is 2.51. The van der Waals surface area contributed by atoms with Gasteiger partial charge in [-0.2, -0.15) is 0 Å². The molecule has 0 fully saturated rings. The van der Waals surface area contributed by atoms with Gasteiger partial charge in [0, 0.05) is 10.0 Å². The first kappa shape index (κ1) is 16.2. The van der Waals surface area contributed by atoms with Gasteiger partial charge in [-0.1, -0.05) is 29.8 Å². The second-order valence-corrected chi connectivity index (χ2v) is 5.77. The first-order valence-corrected chi connectivity index (χ1v) is 7.46. The lowest BCUT2D eigenvalue weighted by atomic mass is 9.99. The van der Waals surface area contributed by atoms with Crippen LogP contribution in [0.1, 0.15) is 17.2 Å². The van der Waals surface area contributed by atoms with Crippen molar-refractivity contribution >= 4 is 27.5 Å². The highest BCUT2D eigenvalue weighted by Gasteiger charge is 2.18. The molecule has 2 rings (SSSR count). The average molecular weight is 374 g/mol. The lowest BCUT2D eigenvalue weighted by Gasteiger charge is -2.18. The molecule has 2 aromatic carbocycles. The maximum Gasteiger partial charge on any atom is 0.147 e. The summed E-state index contributed by atoms with van der Waals surface area (Å²) in [4.78, 5) is 0. The van der Waals surface area contributed by atoms with Crippen LogP contribution in [-0.4, -0.2) is 7.11 Å². The first-order chi connectivity index (χ1) is 10.1. The molecule has 3 N–H and O–H groups in total. The number of ether oxygens (including phenoxy) is 1. The Balaban J connectivity index is 2.25. The highest BCUT2D eigenvalue weighted by atomic mass is 79.9. The summed E-state index contributed by atoms with van der Waals surface area (Å²) >= 11 is 9.12. The second kappa shape index (κ2) is 7.22. The first-order valence-electron chi connectivity index (χ1n) is 6.29. The Morgan fingerprint density at radius 2 is 1.95 bits per heavy atom. The Morgan fingerprint density at radius 3 is 2.52 bits per heavy atom. The van der Waals surface area contributed by atoms with Gasteiger partial charge in [-0.05, 0) is 46.1 Å². The number of methoxy groups -OCH3 is 1. The summed E-state index contributed by atoms with van der Waals surface area (Å²) in [5.41, 5.74) is 4.08. The fraction of sp³-hybridized carbons (Fsp3) is 0.200. The van der Waals surface area contributed by atoms with E-state index < -0.39 is 5.82 Å². The van der Waals surface area contributed by atoms with Crippen LogP contribution in [0.2, 0.25) is 5.02 Å². The summed E-state index contributed by atoms with van der Waals surface area (Å²) < 4.78 is 19.9. The van der Waals surface area contributed by atoms with Crippen molar-refractivity contribution in [1.82, 2.24) is 5.43 Å². The van der Waals surface area contributed by atoms with E-state index in [1.54, 1.807) is 19.2 Å². The Morgan fingerprint density at radius 1 is 1.29 bits per heavy atom. The molecule has 1 atom stereocenters. The zero-order valence-electron chi connectivity index (χ0n) is 11.4. The summed E-state index contributed by atoms with van der Waals surface area (Å²) in [6.45, 7) is 0. The van der Waals surface area contributed by atoms with Crippen LogP contribution in [-0.2, 0) is 6.42 Å². The van der Waals surface area contributed by atoms with Crippen molar-refractivity contribution in [3.05, 3.63) is 62.8 Å². The Hall–Kier alpha value is -1.14. The molecule has 0 radical (unpaired) electrons. The van der Waals surface area contributed by atoms with Crippen LogP contribution in [0, 0.1) is 5.82 Å². The van der Waals surface area contributed by atoms with E-state index in [-0.39, 0.29) is 11.1 Å². The normalized spacial score (nSPS) is 12.2. The van der Waals surface area contributed by atoms with Gasteiger partial charge in [-0.3, -0.25) is 11.3 Å². The summed E-state index contributed by atoms with van der Waals surface area (Å²) in [5.74, 6) is 5.87. The van der Waals surface area contributed by atoms with E-state index in [0.717, 1.165) is 11.3 Å². The maximum atomic E-state index is 14.2. The monoisotopic (exact) mass is 372 g/mol. The van der Waals surface area contributed by atoms with Crippen molar-refractivity contribution in [2.24, 2.45) is 5.84 Å². The third kappa shape index (κ3) is 3.74. The van der Waals surface area contributed by atoms with Crippen LogP contribution in [0.25, 0.3) is 0 Å². The van der Waals surface area contributed by atoms with Crippen molar-refractivity contribution < 1.29 is 9.13 Å². The van der Waals surface area contributed by atoms with Gasteiger partial charge in [0.25, 0.3) is 0 Å². The molecule has 0 aliphatic heterocycles. The number of hydrogen-bond donors (Lipinski definition) is 2. The quantitative estimate of drug-likeness (QED) is 0.473. The molecule has 0 saturated heterocycles. The molecule has 112 valence electrons. The molecule has 0 aromatic heterocycles. The van der Waals surface area contributed by atoms with E-state index in [2.05, 4.69) is 21.4 Å². The number of halogens is 3. The van der Waals surface area contributed by atoms with Crippen molar-refractivity contribution in [2.45, 2.75) is 12.5 Å². The maximum absolute atomic E-state index is 14.2. The summed E-state index contributed by atoms with van der Waals surface area (Å²) in [6.07, 6.45) is 0.537. The van der Waals surface area contributed by atoms with E-state index in [1.165, 1.54) is 0 Å². The molecule has 0 aliphatic carbocycles. The lowest BCUT2D eigenvalue weighted by molar-refractivity contribution is 0.414. The highest BCUT2D eigenvalue weighted by molar-refractivity contribution is 9.10. The minimum absolute atomic E-state index is 0.0579. The van der Waals surface area contributed by atoms with Gasteiger partial charge in [-0.25, -0.2) is 4.39 Å². The SMILES string of the molecule is COc1ccc(CC(NN)c2ccc(Br)c(Cl)c2F)cc1. The highest BCUT2D eigenvalue weighted by Crippen LogP contribution is 2.31. The van der Waals surface area contributed by atoms with Gasteiger partial charge < -0.3 is 4.74 Å². The van der Waals surface area contributed by atoms with Gasteiger partial charge in [0.15, 0.2) is 0 Å². The van der Waals surface area contributed by atoms with Crippen LogP contribution in [0.3, 0.4) is 0 Å². The van der Waals surface area contributed by atoms with Gasteiger partial charge in [-0.15, -0.1) is 0 Å². The van der Waals surface area contributed by atoms with Crippen LogP contribution < -0.4 is 16.0 Å². The predicted octanol–water partition coefficient (Wildman–Crippen LogP) is 4.00. The Bertz CT molecular complexity index is 622. The van der Waals surface area contributed by atoms with Crippen LogP contribution in [0.5, 0.6) is 5.75 Å². The van der Waals surface area contributed by atoms with Crippen molar-refractivity contribution in [1.29, 1.82) is 0 Å². The molecule has 0 saturated carbocycles. The van der Waals surface area contributed by atoms with E-state index in [0.29, 0.717) is 16.5 Å². The smallest absolute Gasteiger partial charge is 0.147 e. The number of benzene rings is 2. The molecule has 0 heterocycles. The zero-order chi connectivity index (χ0) is 15.4. The van der Waals surface area contributed by atoms with Gasteiger partial charge >= 0.3 is 0 Å². The van der Waals surface area contributed by atoms with E-state index in [9.17, 15) is 4.39 Å². The number of nitrogens with two attached hydrogens (primary N) is 1. The van der Waals surface area contributed by atoms with Crippen LogP contribution in [0.4, 0.5) is 4.39 Å².